The largest absolute Gasteiger partial charge is 0.491 e. The van der Waals surface area contributed by atoms with Crippen molar-refractivity contribution >= 4 is 22.9 Å². The van der Waals surface area contributed by atoms with Crippen LogP contribution < -0.4 is 10.1 Å². The summed E-state index contributed by atoms with van der Waals surface area (Å²) >= 11 is 7.51. The summed E-state index contributed by atoms with van der Waals surface area (Å²) in [5, 5.41) is 3.40. The molecule has 0 atom stereocenters. The molecule has 2 nitrogen and oxygen atoms in total. The molecule has 1 N–H and O–H groups in total. The van der Waals surface area contributed by atoms with Crippen LogP contribution in [0.2, 0.25) is 4.34 Å². The van der Waals surface area contributed by atoms with Gasteiger partial charge in [-0.3, -0.25) is 0 Å². The van der Waals surface area contributed by atoms with E-state index in [1.807, 2.05) is 32.0 Å². The summed E-state index contributed by atoms with van der Waals surface area (Å²) in [4.78, 5) is 1.25. The van der Waals surface area contributed by atoms with Gasteiger partial charge in [0.25, 0.3) is 0 Å². The van der Waals surface area contributed by atoms with Crippen LogP contribution in [0.1, 0.15) is 24.3 Å². The summed E-state index contributed by atoms with van der Waals surface area (Å²) < 4.78 is 6.45. The molecule has 2 aromatic rings. The lowest BCUT2D eigenvalue weighted by Crippen LogP contribution is -2.11. The Balaban J connectivity index is 1.79. The molecule has 0 radical (unpaired) electrons. The molecule has 0 unspecified atom stereocenters. The van der Waals surface area contributed by atoms with Crippen molar-refractivity contribution in [3.63, 3.8) is 0 Å². The Bertz CT molecular complexity index is 507. The van der Waals surface area contributed by atoms with Gasteiger partial charge in [0.05, 0.1) is 10.4 Å². The highest BCUT2D eigenvalue weighted by Crippen LogP contribution is 2.21. The Labute approximate surface area is 123 Å². The van der Waals surface area contributed by atoms with Crippen molar-refractivity contribution in [2.24, 2.45) is 0 Å². The van der Waals surface area contributed by atoms with Crippen molar-refractivity contribution < 1.29 is 4.74 Å². The average Bonchev–Trinajstić information content (AvgIpc) is 2.77. The summed E-state index contributed by atoms with van der Waals surface area (Å²) in [6, 6.07) is 12.2. The maximum atomic E-state index is 5.89. The first kappa shape index (κ1) is 14.4. The van der Waals surface area contributed by atoms with E-state index in [9.17, 15) is 0 Å². The topological polar surface area (TPSA) is 21.3 Å². The first-order chi connectivity index (χ1) is 9.13. The van der Waals surface area contributed by atoms with Crippen LogP contribution in [0.15, 0.2) is 36.4 Å². The third-order valence-electron chi connectivity index (χ3n) is 2.55. The van der Waals surface area contributed by atoms with Gasteiger partial charge in [-0.05, 0) is 43.7 Å². The average molecular weight is 296 g/mol. The van der Waals surface area contributed by atoms with Crippen LogP contribution in [0.4, 0.5) is 0 Å². The highest BCUT2D eigenvalue weighted by Gasteiger charge is 2.00. The highest BCUT2D eigenvalue weighted by atomic mass is 35.5. The van der Waals surface area contributed by atoms with Crippen LogP contribution in [-0.2, 0) is 13.1 Å². The van der Waals surface area contributed by atoms with E-state index in [0.29, 0.717) is 0 Å². The molecule has 0 saturated heterocycles. The highest BCUT2D eigenvalue weighted by molar-refractivity contribution is 7.16. The van der Waals surface area contributed by atoms with Gasteiger partial charge in [-0.15, -0.1) is 11.3 Å². The molecule has 0 fully saturated rings. The minimum atomic E-state index is 0.215. The summed E-state index contributed by atoms with van der Waals surface area (Å²) in [5.74, 6) is 0.920. The normalized spacial score (nSPS) is 10.9. The quantitative estimate of drug-likeness (QED) is 0.848. The molecule has 0 amide bonds. The van der Waals surface area contributed by atoms with Gasteiger partial charge in [-0.25, -0.2) is 0 Å². The first-order valence-corrected chi connectivity index (χ1v) is 7.53. The van der Waals surface area contributed by atoms with Gasteiger partial charge in [0, 0.05) is 18.0 Å². The molecule has 0 aliphatic carbocycles. The van der Waals surface area contributed by atoms with E-state index in [0.717, 1.165) is 23.2 Å². The molecular weight excluding hydrogens is 278 g/mol. The fourth-order valence-corrected chi connectivity index (χ4v) is 2.79. The van der Waals surface area contributed by atoms with E-state index < -0.39 is 0 Å². The smallest absolute Gasteiger partial charge is 0.119 e. The molecule has 0 bridgehead atoms. The predicted molar refractivity (Wildman–Crippen MR) is 82.1 cm³/mol. The number of thiophene rings is 1. The standard InChI is InChI=1S/C15H18ClNOS/c1-11(2)18-13-5-3-12(4-6-13)9-17-10-14-7-8-15(16)19-14/h3-8,11,17H,9-10H2,1-2H3. The van der Waals surface area contributed by atoms with Crippen molar-refractivity contribution in [3.8, 4) is 5.75 Å². The van der Waals surface area contributed by atoms with E-state index in [1.54, 1.807) is 11.3 Å². The molecule has 0 aliphatic heterocycles. The van der Waals surface area contributed by atoms with Gasteiger partial charge in [0.2, 0.25) is 0 Å². The Morgan fingerprint density at radius 1 is 1.11 bits per heavy atom. The molecule has 19 heavy (non-hydrogen) atoms. The lowest BCUT2D eigenvalue weighted by Gasteiger charge is -2.10. The number of hydrogen-bond acceptors (Lipinski definition) is 3. The minimum absolute atomic E-state index is 0.215. The van der Waals surface area contributed by atoms with Gasteiger partial charge in [-0.2, -0.15) is 0 Å². The van der Waals surface area contributed by atoms with Gasteiger partial charge in [-0.1, -0.05) is 23.7 Å². The Morgan fingerprint density at radius 2 is 1.84 bits per heavy atom. The fraction of sp³-hybridized carbons (Fsp3) is 0.333. The fourth-order valence-electron chi connectivity index (χ4n) is 1.73. The van der Waals surface area contributed by atoms with Crippen LogP contribution in [0.25, 0.3) is 0 Å². The maximum absolute atomic E-state index is 5.89. The van der Waals surface area contributed by atoms with Gasteiger partial charge in [0.1, 0.15) is 5.75 Å². The monoisotopic (exact) mass is 295 g/mol. The maximum Gasteiger partial charge on any atom is 0.119 e. The second-order valence-electron chi connectivity index (χ2n) is 4.62. The zero-order chi connectivity index (χ0) is 13.7. The summed E-state index contributed by atoms with van der Waals surface area (Å²) in [5.41, 5.74) is 1.25. The van der Waals surface area contributed by atoms with Gasteiger partial charge < -0.3 is 10.1 Å². The third kappa shape index (κ3) is 4.86. The lowest BCUT2D eigenvalue weighted by atomic mass is 10.2. The van der Waals surface area contributed by atoms with E-state index in [-0.39, 0.29) is 6.10 Å². The molecule has 1 heterocycles. The predicted octanol–water partition coefficient (Wildman–Crippen LogP) is 4.48. The summed E-state index contributed by atoms with van der Waals surface area (Å²) in [6.45, 7) is 5.75. The number of nitrogens with one attached hydrogen (secondary N) is 1. The molecule has 1 aromatic heterocycles. The number of halogens is 1. The van der Waals surface area contributed by atoms with Gasteiger partial charge in [0.15, 0.2) is 0 Å². The minimum Gasteiger partial charge on any atom is -0.491 e. The zero-order valence-corrected chi connectivity index (χ0v) is 12.7. The van der Waals surface area contributed by atoms with Crippen LogP contribution in [0.3, 0.4) is 0 Å². The molecule has 1 aromatic carbocycles. The van der Waals surface area contributed by atoms with E-state index in [1.165, 1.54) is 10.4 Å². The number of rotatable bonds is 6. The van der Waals surface area contributed by atoms with Crippen molar-refractivity contribution in [2.75, 3.05) is 0 Å². The van der Waals surface area contributed by atoms with Gasteiger partial charge >= 0.3 is 0 Å². The molecule has 0 spiro atoms. The van der Waals surface area contributed by atoms with E-state index in [4.69, 9.17) is 16.3 Å². The first-order valence-electron chi connectivity index (χ1n) is 6.34. The Kier molecular flexibility index (Phi) is 5.25. The second-order valence-corrected chi connectivity index (χ2v) is 6.42. The summed E-state index contributed by atoms with van der Waals surface area (Å²) in [6.07, 6.45) is 0.215. The molecule has 0 aliphatic rings. The molecule has 0 saturated carbocycles. The van der Waals surface area contributed by atoms with Crippen molar-refractivity contribution in [1.29, 1.82) is 0 Å². The molecule has 4 heteroatoms. The molecular formula is C15H18ClNOS. The number of hydrogen-bond donors (Lipinski definition) is 1. The number of ether oxygens (including phenoxy) is 1. The van der Waals surface area contributed by atoms with E-state index >= 15 is 0 Å². The van der Waals surface area contributed by atoms with Crippen molar-refractivity contribution in [2.45, 2.75) is 33.0 Å². The number of benzene rings is 1. The van der Waals surface area contributed by atoms with Crippen molar-refractivity contribution in [1.82, 2.24) is 5.32 Å². The molecule has 2 rings (SSSR count). The van der Waals surface area contributed by atoms with Crippen LogP contribution >= 0.6 is 22.9 Å². The molecule has 102 valence electrons. The zero-order valence-electron chi connectivity index (χ0n) is 11.2. The SMILES string of the molecule is CC(C)Oc1ccc(CNCc2ccc(Cl)s2)cc1. The second kappa shape index (κ2) is 6.94. The summed E-state index contributed by atoms with van der Waals surface area (Å²) in [7, 11) is 0. The lowest BCUT2D eigenvalue weighted by molar-refractivity contribution is 0.242. The third-order valence-corrected chi connectivity index (χ3v) is 3.78. The van der Waals surface area contributed by atoms with Crippen LogP contribution in [-0.4, -0.2) is 6.10 Å². The van der Waals surface area contributed by atoms with Crippen LogP contribution in [0.5, 0.6) is 5.75 Å². The van der Waals surface area contributed by atoms with E-state index in [2.05, 4.69) is 23.5 Å². The Morgan fingerprint density at radius 3 is 2.42 bits per heavy atom. The van der Waals surface area contributed by atoms with Crippen LogP contribution in [0, 0.1) is 0 Å². The van der Waals surface area contributed by atoms with Crippen molar-refractivity contribution in [3.05, 3.63) is 51.2 Å². The Hall–Kier alpha value is -1.03.